The standard InChI is InChI=1S/C20H39N5O/c1-16-12-17(2)14-25(13-16)11-10-22-19(21-3)23-15-20(8-6-7-9-20)18(26)24(4)5/h16-17H,6-15H2,1-5H3,(H2,21,22,23). The van der Waals surface area contributed by atoms with Crippen molar-refractivity contribution in [3.8, 4) is 0 Å². The highest BCUT2D eigenvalue weighted by Gasteiger charge is 2.42. The fourth-order valence-electron chi connectivity index (χ4n) is 4.77. The molecule has 1 saturated carbocycles. The molecule has 0 aromatic carbocycles. The summed E-state index contributed by atoms with van der Waals surface area (Å²) in [6, 6.07) is 0. The van der Waals surface area contributed by atoms with Gasteiger partial charge in [0, 0.05) is 53.9 Å². The molecule has 6 nitrogen and oxygen atoms in total. The van der Waals surface area contributed by atoms with Gasteiger partial charge in [-0.2, -0.15) is 0 Å². The second-order valence-corrected chi connectivity index (χ2v) is 8.75. The van der Waals surface area contributed by atoms with Crippen molar-refractivity contribution in [1.82, 2.24) is 20.4 Å². The molecule has 150 valence electrons. The molecule has 2 atom stereocenters. The Hall–Kier alpha value is -1.30. The van der Waals surface area contributed by atoms with Gasteiger partial charge in [0.05, 0.1) is 5.41 Å². The van der Waals surface area contributed by atoms with E-state index in [-0.39, 0.29) is 11.3 Å². The van der Waals surface area contributed by atoms with Gasteiger partial charge in [0.2, 0.25) is 5.91 Å². The van der Waals surface area contributed by atoms with Gasteiger partial charge in [-0.05, 0) is 31.1 Å². The van der Waals surface area contributed by atoms with Crippen LogP contribution in [0.5, 0.6) is 0 Å². The number of hydrogen-bond acceptors (Lipinski definition) is 3. The summed E-state index contributed by atoms with van der Waals surface area (Å²) in [5.74, 6) is 2.63. The average Bonchev–Trinajstić information content (AvgIpc) is 3.06. The summed E-state index contributed by atoms with van der Waals surface area (Å²) in [7, 11) is 5.52. The number of likely N-dealkylation sites (tertiary alicyclic amines) is 1. The number of carbonyl (C=O) groups is 1. The van der Waals surface area contributed by atoms with Crippen LogP contribution in [0.3, 0.4) is 0 Å². The molecular formula is C20H39N5O. The monoisotopic (exact) mass is 365 g/mol. The van der Waals surface area contributed by atoms with Gasteiger partial charge in [-0.1, -0.05) is 26.7 Å². The highest BCUT2D eigenvalue weighted by Crippen LogP contribution is 2.38. The maximum Gasteiger partial charge on any atom is 0.230 e. The molecule has 6 heteroatoms. The Morgan fingerprint density at radius 2 is 1.77 bits per heavy atom. The number of nitrogens with zero attached hydrogens (tertiary/aromatic N) is 3. The zero-order valence-electron chi connectivity index (χ0n) is 17.5. The average molecular weight is 366 g/mol. The Labute approximate surface area is 159 Å². The lowest BCUT2D eigenvalue weighted by Crippen LogP contribution is -2.50. The topological polar surface area (TPSA) is 60.0 Å². The highest BCUT2D eigenvalue weighted by molar-refractivity contribution is 5.85. The Morgan fingerprint density at radius 1 is 1.15 bits per heavy atom. The van der Waals surface area contributed by atoms with Crippen molar-refractivity contribution in [3.63, 3.8) is 0 Å². The molecular weight excluding hydrogens is 326 g/mol. The first-order valence-corrected chi connectivity index (χ1v) is 10.2. The molecule has 0 radical (unpaired) electrons. The summed E-state index contributed by atoms with van der Waals surface area (Å²) < 4.78 is 0. The first kappa shape index (κ1) is 21.0. The van der Waals surface area contributed by atoms with Gasteiger partial charge in [0.1, 0.15) is 0 Å². The summed E-state index contributed by atoms with van der Waals surface area (Å²) in [4.78, 5) is 21.3. The fraction of sp³-hybridized carbons (Fsp3) is 0.900. The summed E-state index contributed by atoms with van der Waals surface area (Å²) in [5.41, 5.74) is -0.265. The number of nitrogens with one attached hydrogen (secondary N) is 2. The van der Waals surface area contributed by atoms with Crippen LogP contribution in [0.1, 0.15) is 46.0 Å². The van der Waals surface area contributed by atoms with Crippen molar-refractivity contribution < 1.29 is 4.79 Å². The van der Waals surface area contributed by atoms with Crippen molar-refractivity contribution in [2.75, 3.05) is 53.9 Å². The van der Waals surface area contributed by atoms with E-state index in [0.29, 0.717) is 6.54 Å². The number of guanidine groups is 1. The summed E-state index contributed by atoms with van der Waals surface area (Å²) >= 11 is 0. The molecule has 1 amide bonds. The number of carbonyl (C=O) groups excluding carboxylic acids is 1. The second kappa shape index (κ2) is 9.58. The predicted molar refractivity (Wildman–Crippen MR) is 108 cm³/mol. The molecule has 2 aliphatic rings. The number of amides is 1. The lowest BCUT2D eigenvalue weighted by molar-refractivity contribution is -0.138. The van der Waals surface area contributed by atoms with Crippen LogP contribution in [-0.4, -0.2) is 75.5 Å². The van der Waals surface area contributed by atoms with Crippen molar-refractivity contribution in [3.05, 3.63) is 0 Å². The predicted octanol–water partition coefficient (Wildman–Crippen LogP) is 1.78. The van der Waals surface area contributed by atoms with E-state index in [9.17, 15) is 4.79 Å². The van der Waals surface area contributed by atoms with Crippen LogP contribution in [0, 0.1) is 17.3 Å². The lowest BCUT2D eigenvalue weighted by Gasteiger charge is -2.35. The normalized spacial score (nSPS) is 26.6. The van der Waals surface area contributed by atoms with E-state index in [1.165, 1.54) is 19.5 Å². The molecule has 1 aliphatic carbocycles. The molecule has 1 saturated heterocycles. The molecule has 1 aliphatic heterocycles. The van der Waals surface area contributed by atoms with E-state index < -0.39 is 0 Å². The zero-order chi connectivity index (χ0) is 19.2. The van der Waals surface area contributed by atoms with E-state index in [1.54, 1.807) is 11.9 Å². The van der Waals surface area contributed by atoms with Crippen molar-refractivity contribution in [2.45, 2.75) is 46.0 Å². The van der Waals surface area contributed by atoms with Gasteiger partial charge < -0.3 is 20.4 Å². The van der Waals surface area contributed by atoms with Crippen LogP contribution in [-0.2, 0) is 4.79 Å². The molecule has 2 unspecified atom stereocenters. The van der Waals surface area contributed by atoms with Gasteiger partial charge >= 0.3 is 0 Å². The largest absolute Gasteiger partial charge is 0.355 e. The zero-order valence-corrected chi connectivity index (χ0v) is 17.5. The summed E-state index contributed by atoms with van der Waals surface area (Å²) in [6.45, 7) is 9.67. The van der Waals surface area contributed by atoms with Crippen molar-refractivity contribution >= 4 is 11.9 Å². The maximum atomic E-state index is 12.7. The lowest BCUT2D eigenvalue weighted by atomic mass is 9.84. The minimum atomic E-state index is -0.265. The quantitative estimate of drug-likeness (QED) is 0.556. The Morgan fingerprint density at radius 3 is 2.31 bits per heavy atom. The van der Waals surface area contributed by atoms with Crippen LogP contribution in [0.2, 0.25) is 0 Å². The highest BCUT2D eigenvalue weighted by atomic mass is 16.2. The van der Waals surface area contributed by atoms with Gasteiger partial charge in [-0.15, -0.1) is 0 Å². The van der Waals surface area contributed by atoms with Crippen LogP contribution in [0.4, 0.5) is 0 Å². The number of hydrogen-bond donors (Lipinski definition) is 2. The Bertz CT molecular complexity index is 475. The van der Waals surface area contributed by atoms with Crippen molar-refractivity contribution in [2.24, 2.45) is 22.2 Å². The molecule has 0 aromatic heterocycles. The van der Waals surface area contributed by atoms with Crippen molar-refractivity contribution in [1.29, 1.82) is 0 Å². The second-order valence-electron chi connectivity index (χ2n) is 8.75. The van der Waals surface area contributed by atoms with E-state index in [2.05, 4.69) is 34.4 Å². The van der Waals surface area contributed by atoms with Crippen LogP contribution in [0.15, 0.2) is 4.99 Å². The molecule has 2 N–H and O–H groups in total. The smallest absolute Gasteiger partial charge is 0.230 e. The number of rotatable bonds is 6. The third kappa shape index (κ3) is 5.60. The molecule has 2 fully saturated rings. The molecule has 0 spiro atoms. The Kier molecular flexibility index (Phi) is 7.74. The van der Waals surface area contributed by atoms with Crippen LogP contribution >= 0.6 is 0 Å². The van der Waals surface area contributed by atoms with E-state index in [4.69, 9.17) is 0 Å². The van der Waals surface area contributed by atoms with Crippen LogP contribution < -0.4 is 10.6 Å². The molecule has 1 heterocycles. The fourth-order valence-corrected chi connectivity index (χ4v) is 4.77. The summed E-state index contributed by atoms with van der Waals surface area (Å²) in [6.07, 6.45) is 5.56. The van der Waals surface area contributed by atoms with Gasteiger partial charge in [-0.25, -0.2) is 0 Å². The number of aliphatic imine (C=N–C) groups is 1. The van der Waals surface area contributed by atoms with Crippen LogP contribution in [0.25, 0.3) is 0 Å². The molecule has 0 aromatic rings. The first-order chi connectivity index (χ1) is 12.4. The molecule has 2 rings (SSSR count). The first-order valence-electron chi connectivity index (χ1n) is 10.2. The van der Waals surface area contributed by atoms with Gasteiger partial charge in [0.15, 0.2) is 5.96 Å². The van der Waals surface area contributed by atoms with E-state index in [0.717, 1.165) is 56.6 Å². The Balaban J connectivity index is 1.79. The van der Waals surface area contributed by atoms with E-state index >= 15 is 0 Å². The minimum Gasteiger partial charge on any atom is -0.355 e. The minimum absolute atomic E-state index is 0.245. The van der Waals surface area contributed by atoms with E-state index in [1.807, 2.05) is 14.1 Å². The maximum absolute atomic E-state index is 12.7. The number of piperidine rings is 1. The third-order valence-electron chi connectivity index (χ3n) is 5.90. The summed E-state index contributed by atoms with van der Waals surface area (Å²) in [5, 5.41) is 6.84. The molecule has 0 bridgehead atoms. The SMILES string of the molecule is CN=C(NCCN1CC(C)CC(C)C1)NCC1(C(=O)N(C)C)CCCC1. The molecule has 26 heavy (non-hydrogen) atoms. The van der Waals surface area contributed by atoms with Gasteiger partial charge in [-0.3, -0.25) is 9.79 Å². The van der Waals surface area contributed by atoms with Gasteiger partial charge in [0.25, 0.3) is 0 Å². The third-order valence-corrected chi connectivity index (χ3v) is 5.90.